The quantitative estimate of drug-likeness (QED) is 0.245. The lowest BCUT2D eigenvalue weighted by molar-refractivity contribution is -0.124. The number of carbonyl (C=O) groups excluding carboxylic acids is 1. The molecule has 0 aromatic carbocycles. The van der Waals surface area contributed by atoms with E-state index in [4.69, 9.17) is 4.74 Å². The Kier molecular flexibility index (Phi) is 11.1. The Morgan fingerprint density at radius 3 is 2.00 bits per heavy atom. The fraction of sp³-hybridized carbons (Fsp3) is 0.897. The summed E-state index contributed by atoms with van der Waals surface area (Å²) in [5.41, 5.74) is 0. The van der Waals surface area contributed by atoms with Crippen molar-refractivity contribution in [1.29, 1.82) is 0 Å². The van der Waals surface area contributed by atoms with Crippen molar-refractivity contribution in [3.8, 4) is 0 Å². The Morgan fingerprint density at radius 1 is 0.844 bits per heavy atom. The van der Waals surface area contributed by atoms with Crippen LogP contribution < -0.4 is 0 Å². The van der Waals surface area contributed by atoms with E-state index in [1.165, 1.54) is 102 Å². The van der Waals surface area contributed by atoms with Crippen molar-refractivity contribution in [3.05, 3.63) is 12.7 Å². The molecule has 2 unspecified atom stereocenters. The van der Waals surface area contributed by atoms with Gasteiger partial charge in [-0.05, 0) is 87.0 Å². The summed E-state index contributed by atoms with van der Waals surface area (Å²) in [5, 5.41) is 0. The van der Waals surface area contributed by atoms with Gasteiger partial charge < -0.3 is 9.64 Å². The van der Waals surface area contributed by atoms with Gasteiger partial charge >= 0.3 is 0 Å². The van der Waals surface area contributed by atoms with E-state index in [9.17, 15) is 4.79 Å². The summed E-state index contributed by atoms with van der Waals surface area (Å²) in [7, 11) is 1.89. The standard InChI is InChI=1S/C29H51NO2/c1-4-6-7-9-23-13-17-26(18-14-23)28-20-19-27(22-32-28)25-15-11-24(12-16-25)10-8-21-30(3)29(31)5-2/h5,23-28H,2,4,6-22H2,1,3H3. The second-order valence-corrected chi connectivity index (χ2v) is 11.4. The number of hydrogen-bond donors (Lipinski definition) is 0. The zero-order valence-corrected chi connectivity index (χ0v) is 21.2. The molecule has 1 aliphatic heterocycles. The smallest absolute Gasteiger partial charge is 0.245 e. The number of ether oxygens (including phenoxy) is 1. The second kappa shape index (κ2) is 13.8. The Labute approximate surface area is 198 Å². The Bertz CT molecular complexity index is 537. The first kappa shape index (κ1) is 25.8. The van der Waals surface area contributed by atoms with Crippen LogP contribution in [0.25, 0.3) is 0 Å². The van der Waals surface area contributed by atoms with Crippen molar-refractivity contribution in [1.82, 2.24) is 4.90 Å². The van der Waals surface area contributed by atoms with Crippen molar-refractivity contribution in [2.75, 3.05) is 20.2 Å². The largest absolute Gasteiger partial charge is 0.378 e. The number of hydrogen-bond acceptors (Lipinski definition) is 2. The highest BCUT2D eigenvalue weighted by molar-refractivity contribution is 5.86. The average Bonchev–Trinajstić information content (AvgIpc) is 2.84. The normalized spacial score (nSPS) is 33.6. The molecular formula is C29H51NO2. The lowest BCUT2D eigenvalue weighted by Gasteiger charge is -2.41. The van der Waals surface area contributed by atoms with E-state index in [2.05, 4.69) is 13.5 Å². The number of unbranched alkanes of at least 4 members (excludes halogenated alkanes) is 2. The van der Waals surface area contributed by atoms with Crippen molar-refractivity contribution in [2.24, 2.45) is 29.6 Å². The Balaban J connectivity index is 1.27. The van der Waals surface area contributed by atoms with Gasteiger partial charge in [-0.2, -0.15) is 0 Å². The molecule has 1 heterocycles. The Hall–Kier alpha value is -0.830. The zero-order chi connectivity index (χ0) is 22.8. The van der Waals surface area contributed by atoms with Crippen LogP contribution in [0.15, 0.2) is 12.7 Å². The van der Waals surface area contributed by atoms with Gasteiger partial charge in [0.05, 0.1) is 12.7 Å². The van der Waals surface area contributed by atoms with Crippen LogP contribution in [0.1, 0.15) is 110 Å². The number of carbonyl (C=O) groups is 1. The van der Waals surface area contributed by atoms with Crippen LogP contribution >= 0.6 is 0 Å². The predicted octanol–water partition coefficient (Wildman–Crippen LogP) is 7.40. The minimum absolute atomic E-state index is 0.0457. The lowest BCUT2D eigenvalue weighted by atomic mass is 9.71. The maximum Gasteiger partial charge on any atom is 0.245 e. The van der Waals surface area contributed by atoms with Gasteiger partial charge in [0, 0.05) is 13.6 Å². The van der Waals surface area contributed by atoms with Crippen LogP contribution in [0.3, 0.4) is 0 Å². The molecule has 3 fully saturated rings. The van der Waals surface area contributed by atoms with Gasteiger partial charge in [0.2, 0.25) is 5.91 Å². The molecule has 1 amide bonds. The summed E-state index contributed by atoms with van der Waals surface area (Å²) < 4.78 is 6.52. The van der Waals surface area contributed by atoms with Crippen molar-refractivity contribution < 1.29 is 9.53 Å². The molecular weight excluding hydrogens is 394 g/mol. The highest BCUT2D eigenvalue weighted by atomic mass is 16.5. The number of nitrogens with zero attached hydrogens (tertiary/aromatic N) is 1. The molecule has 0 spiro atoms. The summed E-state index contributed by atoms with van der Waals surface area (Å²) in [5.74, 6) is 4.47. The summed E-state index contributed by atoms with van der Waals surface area (Å²) in [6.45, 7) is 7.79. The van der Waals surface area contributed by atoms with Gasteiger partial charge in [-0.3, -0.25) is 4.79 Å². The zero-order valence-electron chi connectivity index (χ0n) is 21.2. The second-order valence-electron chi connectivity index (χ2n) is 11.4. The highest BCUT2D eigenvalue weighted by Gasteiger charge is 2.35. The van der Waals surface area contributed by atoms with Crippen LogP contribution in [0.5, 0.6) is 0 Å². The molecule has 3 aliphatic rings. The maximum atomic E-state index is 11.6. The van der Waals surface area contributed by atoms with Crippen molar-refractivity contribution in [2.45, 2.75) is 116 Å². The van der Waals surface area contributed by atoms with Gasteiger partial charge in [0.25, 0.3) is 0 Å². The van der Waals surface area contributed by atoms with Gasteiger partial charge in [0.15, 0.2) is 0 Å². The number of likely N-dealkylation sites (N-methyl/N-ethyl adjacent to an activating group) is 1. The van der Waals surface area contributed by atoms with Gasteiger partial charge in [0.1, 0.15) is 0 Å². The molecule has 0 bridgehead atoms. The molecule has 32 heavy (non-hydrogen) atoms. The Morgan fingerprint density at radius 2 is 1.44 bits per heavy atom. The van der Waals surface area contributed by atoms with Gasteiger partial charge in [-0.1, -0.05) is 64.9 Å². The van der Waals surface area contributed by atoms with Crippen LogP contribution in [0.4, 0.5) is 0 Å². The SMILES string of the molecule is C=CC(=O)N(C)CCCC1CCC(C2CCC(C3CCC(CCCCC)CC3)OC2)CC1. The van der Waals surface area contributed by atoms with Crippen molar-refractivity contribution in [3.63, 3.8) is 0 Å². The average molecular weight is 446 g/mol. The van der Waals surface area contributed by atoms with E-state index in [-0.39, 0.29) is 5.91 Å². The third-order valence-electron chi connectivity index (χ3n) is 9.19. The van der Waals surface area contributed by atoms with E-state index in [0.717, 1.165) is 49.2 Å². The summed E-state index contributed by atoms with van der Waals surface area (Å²) in [4.78, 5) is 13.4. The molecule has 184 valence electrons. The van der Waals surface area contributed by atoms with E-state index in [0.29, 0.717) is 6.10 Å². The first-order valence-corrected chi connectivity index (χ1v) is 14.1. The molecule has 0 N–H and O–H groups in total. The van der Waals surface area contributed by atoms with Crippen LogP contribution in [0.2, 0.25) is 0 Å². The molecule has 2 saturated carbocycles. The molecule has 1 saturated heterocycles. The third-order valence-corrected chi connectivity index (χ3v) is 9.19. The predicted molar refractivity (Wildman–Crippen MR) is 135 cm³/mol. The van der Waals surface area contributed by atoms with E-state index < -0.39 is 0 Å². The summed E-state index contributed by atoms with van der Waals surface area (Å²) in [6.07, 6.45) is 24.1. The van der Waals surface area contributed by atoms with E-state index >= 15 is 0 Å². The maximum absolute atomic E-state index is 11.6. The molecule has 3 rings (SSSR count). The topological polar surface area (TPSA) is 29.5 Å². The molecule has 0 aromatic rings. The highest BCUT2D eigenvalue weighted by Crippen LogP contribution is 2.42. The van der Waals surface area contributed by atoms with Gasteiger partial charge in [-0.15, -0.1) is 0 Å². The molecule has 2 aliphatic carbocycles. The molecule has 0 radical (unpaired) electrons. The number of rotatable bonds is 11. The first-order chi connectivity index (χ1) is 15.6. The molecule has 3 nitrogen and oxygen atoms in total. The lowest BCUT2D eigenvalue weighted by Crippen LogP contribution is -2.37. The van der Waals surface area contributed by atoms with E-state index in [1.54, 1.807) is 4.90 Å². The van der Waals surface area contributed by atoms with Crippen LogP contribution in [0, 0.1) is 29.6 Å². The van der Waals surface area contributed by atoms with Crippen LogP contribution in [-0.2, 0) is 9.53 Å². The number of amides is 1. The summed E-state index contributed by atoms with van der Waals surface area (Å²) in [6, 6.07) is 0. The third kappa shape index (κ3) is 7.89. The molecule has 2 atom stereocenters. The van der Waals surface area contributed by atoms with Crippen LogP contribution in [-0.4, -0.2) is 37.1 Å². The van der Waals surface area contributed by atoms with Gasteiger partial charge in [-0.25, -0.2) is 0 Å². The first-order valence-electron chi connectivity index (χ1n) is 14.1. The molecule has 0 aromatic heterocycles. The van der Waals surface area contributed by atoms with Crippen molar-refractivity contribution >= 4 is 5.91 Å². The monoisotopic (exact) mass is 445 g/mol. The summed E-state index contributed by atoms with van der Waals surface area (Å²) >= 11 is 0. The van der Waals surface area contributed by atoms with E-state index in [1.807, 2.05) is 7.05 Å². The fourth-order valence-electron chi connectivity index (χ4n) is 6.90. The molecule has 3 heteroatoms. The minimum Gasteiger partial charge on any atom is -0.378 e. The fourth-order valence-corrected chi connectivity index (χ4v) is 6.90. The minimum atomic E-state index is 0.0457.